The van der Waals surface area contributed by atoms with Gasteiger partial charge >= 0.3 is 0 Å². The van der Waals surface area contributed by atoms with Crippen LogP contribution in [0.3, 0.4) is 0 Å². The second kappa shape index (κ2) is 18.2. The average Bonchev–Trinajstić information content (AvgIpc) is 3.15. The van der Waals surface area contributed by atoms with E-state index >= 15 is 0 Å². The Balaban J connectivity index is 1.19. The zero-order valence-corrected chi connectivity index (χ0v) is 30.9. The molecule has 0 aromatic heterocycles. The molecule has 1 aliphatic rings. The lowest BCUT2D eigenvalue weighted by molar-refractivity contribution is -0.132. The molecule has 0 saturated carbocycles. The highest BCUT2D eigenvalue weighted by Crippen LogP contribution is 2.33. The molecule has 4 aromatic carbocycles. The fourth-order valence-corrected chi connectivity index (χ4v) is 6.06. The van der Waals surface area contributed by atoms with Crippen LogP contribution in [0.1, 0.15) is 63.1 Å². The number of piperazine rings is 1. The summed E-state index contributed by atoms with van der Waals surface area (Å²) >= 11 is 0. The molecule has 0 unspecified atom stereocenters. The summed E-state index contributed by atoms with van der Waals surface area (Å²) in [4.78, 5) is 45.6. The first-order chi connectivity index (χ1) is 25.1. The van der Waals surface area contributed by atoms with Gasteiger partial charge < -0.3 is 34.2 Å². The number of benzene rings is 4. The number of aryl methyl sites for hydroxylation is 2. The van der Waals surface area contributed by atoms with Crippen molar-refractivity contribution in [2.45, 2.75) is 46.1 Å². The Hall–Kier alpha value is -5.35. The summed E-state index contributed by atoms with van der Waals surface area (Å²) in [7, 11) is 5.29. The zero-order chi connectivity index (χ0) is 37.0. The van der Waals surface area contributed by atoms with Crippen LogP contribution in [0.15, 0.2) is 84.9 Å². The van der Waals surface area contributed by atoms with Crippen molar-refractivity contribution >= 4 is 29.1 Å². The monoisotopic (exact) mass is 706 g/mol. The standard InChI is InChI=1S/C42H50N4O6/c1-30-15-18-34(37(26-30)52-29-32-12-8-6-9-13-32)41(48)43-35-19-17-33(28-38(35)50-5)42(49)45(4)36-20-16-31(2)27-39(36)51-25-11-7-10-14-40(47)46-23-21-44(3)22-24-46/h6,8-9,12-13,15-20,26-28H,7,10-11,14,21-25,29H2,1-5H3,(H,43,48). The second-order valence-corrected chi connectivity index (χ2v) is 13.3. The normalized spacial score (nSPS) is 13.0. The van der Waals surface area contributed by atoms with E-state index in [0.29, 0.717) is 59.4 Å². The topological polar surface area (TPSA) is 101 Å². The molecule has 3 amide bonds. The first-order valence-corrected chi connectivity index (χ1v) is 17.9. The smallest absolute Gasteiger partial charge is 0.259 e. The highest BCUT2D eigenvalue weighted by atomic mass is 16.5. The SMILES string of the molecule is COc1cc(C(=O)N(C)c2ccc(C)cc2OCCCCCC(=O)N2CCN(C)CC2)ccc1NC(=O)c1ccc(C)cc1OCc1ccccc1. The lowest BCUT2D eigenvalue weighted by Crippen LogP contribution is -2.47. The Labute approximate surface area is 307 Å². The Bertz CT molecular complexity index is 1840. The second-order valence-electron chi connectivity index (χ2n) is 13.3. The number of ether oxygens (including phenoxy) is 3. The summed E-state index contributed by atoms with van der Waals surface area (Å²) in [5.41, 5.74) is 4.81. The number of likely N-dealkylation sites (N-methyl/N-ethyl adjacent to an activating group) is 1. The van der Waals surface area contributed by atoms with Crippen molar-refractivity contribution in [3.05, 3.63) is 113 Å². The molecular formula is C42H50N4O6. The van der Waals surface area contributed by atoms with Crippen LogP contribution in [0.25, 0.3) is 0 Å². The van der Waals surface area contributed by atoms with Crippen molar-refractivity contribution in [2.24, 2.45) is 0 Å². The van der Waals surface area contributed by atoms with Gasteiger partial charge in [-0.05, 0) is 99.3 Å². The maximum Gasteiger partial charge on any atom is 0.259 e. The Morgan fingerprint density at radius 3 is 2.21 bits per heavy atom. The highest BCUT2D eigenvalue weighted by Gasteiger charge is 2.22. The van der Waals surface area contributed by atoms with Gasteiger partial charge in [0.1, 0.15) is 23.9 Å². The van der Waals surface area contributed by atoms with E-state index in [1.807, 2.05) is 79.4 Å². The van der Waals surface area contributed by atoms with E-state index in [-0.39, 0.29) is 17.7 Å². The van der Waals surface area contributed by atoms with Gasteiger partial charge in [-0.15, -0.1) is 0 Å². The molecule has 0 radical (unpaired) electrons. The number of hydrogen-bond acceptors (Lipinski definition) is 7. The lowest BCUT2D eigenvalue weighted by Gasteiger charge is -2.32. The first kappa shape index (κ1) is 37.9. The van der Waals surface area contributed by atoms with Gasteiger partial charge in [-0.2, -0.15) is 0 Å². The van der Waals surface area contributed by atoms with Gasteiger partial charge in [0.15, 0.2) is 0 Å². The number of carbonyl (C=O) groups is 3. The van der Waals surface area contributed by atoms with Crippen molar-refractivity contribution in [3.63, 3.8) is 0 Å². The van der Waals surface area contributed by atoms with Crippen LogP contribution in [0, 0.1) is 13.8 Å². The fraction of sp³-hybridized carbons (Fsp3) is 0.357. The van der Waals surface area contributed by atoms with Crippen molar-refractivity contribution in [1.82, 2.24) is 9.80 Å². The molecule has 10 nitrogen and oxygen atoms in total. The largest absolute Gasteiger partial charge is 0.495 e. The molecule has 1 aliphatic heterocycles. The van der Waals surface area contributed by atoms with Crippen LogP contribution in [-0.2, 0) is 11.4 Å². The quantitative estimate of drug-likeness (QED) is 0.131. The maximum absolute atomic E-state index is 13.8. The number of rotatable bonds is 15. The van der Waals surface area contributed by atoms with Gasteiger partial charge in [-0.3, -0.25) is 14.4 Å². The molecule has 1 saturated heterocycles. The molecule has 0 spiro atoms. The van der Waals surface area contributed by atoms with Crippen LogP contribution in [0.4, 0.5) is 11.4 Å². The van der Waals surface area contributed by atoms with Crippen molar-refractivity contribution in [2.75, 3.05) is 64.2 Å². The number of nitrogens with zero attached hydrogens (tertiary/aromatic N) is 3. The molecule has 1 heterocycles. The summed E-state index contributed by atoms with van der Waals surface area (Å²) < 4.78 is 17.9. The molecule has 5 rings (SSSR count). The van der Waals surface area contributed by atoms with E-state index in [1.54, 1.807) is 36.2 Å². The highest BCUT2D eigenvalue weighted by molar-refractivity contribution is 6.09. The van der Waals surface area contributed by atoms with Crippen molar-refractivity contribution in [3.8, 4) is 17.2 Å². The number of carbonyl (C=O) groups excluding carboxylic acids is 3. The van der Waals surface area contributed by atoms with E-state index in [4.69, 9.17) is 14.2 Å². The van der Waals surface area contributed by atoms with E-state index in [0.717, 1.165) is 62.1 Å². The van der Waals surface area contributed by atoms with E-state index in [9.17, 15) is 14.4 Å². The minimum atomic E-state index is -0.361. The van der Waals surface area contributed by atoms with E-state index in [2.05, 4.69) is 17.3 Å². The van der Waals surface area contributed by atoms with Crippen molar-refractivity contribution < 1.29 is 28.6 Å². The number of amides is 3. The third-order valence-electron chi connectivity index (χ3n) is 9.25. The van der Waals surface area contributed by atoms with E-state index in [1.165, 1.54) is 7.11 Å². The van der Waals surface area contributed by atoms with Crippen LogP contribution >= 0.6 is 0 Å². The fourth-order valence-electron chi connectivity index (χ4n) is 6.06. The molecule has 4 aromatic rings. The number of unbranched alkanes of at least 4 members (excludes halogenated alkanes) is 2. The number of anilines is 2. The third kappa shape index (κ3) is 10.1. The predicted molar refractivity (Wildman–Crippen MR) is 205 cm³/mol. The Kier molecular flexibility index (Phi) is 13.3. The van der Waals surface area contributed by atoms with Gasteiger partial charge in [0.2, 0.25) is 5.91 Å². The van der Waals surface area contributed by atoms with Crippen molar-refractivity contribution in [1.29, 1.82) is 0 Å². The molecule has 274 valence electrons. The van der Waals surface area contributed by atoms with Crippen LogP contribution in [0.5, 0.6) is 17.2 Å². The minimum absolute atomic E-state index is 0.228. The first-order valence-electron chi connectivity index (χ1n) is 17.9. The molecule has 0 atom stereocenters. The summed E-state index contributed by atoms with van der Waals surface area (Å²) in [6.45, 7) is 8.18. The van der Waals surface area contributed by atoms with Gasteiger partial charge in [0, 0.05) is 45.2 Å². The van der Waals surface area contributed by atoms with Gasteiger partial charge in [0.05, 0.1) is 30.7 Å². The van der Waals surface area contributed by atoms with Gasteiger partial charge in [-0.25, -0.2) is 0 Å². The number of hydrogen-bond donors (Lipinski definition) is 1. The Morgan fingerprint density at radius 2 is 1.48 bits per heavy atom. The summed E-state index contributed by atoms with van der Waals surface area (Å²) in [6.07, 6.45) is 3.05. The number of nitrogens with one attached hydrogen (secondary N) is 1. The summed E-state index contributed by atoms with van der Waals surface area (Å²) in [5.74, 6) is 1.04. The minimum Gasteiger partial charge on any atom is -0.495 e. The average molecular weight is 707 g/mol. The predicted octanol–water partition coefficient (Wildman–Crippen LogP) is 7.13. The number of methoxy groups -OCH3 is 1. The third-order valence-corrected chi connectivity index (χ3v) is 9.25. The molecule has 1 N–H and O–H groups in total. The molecule has 0 bridgehead atoms. The molecule has 52 heavy (non-hydrogen) atoms. The molecule has 0 aliphatic carbocycles. The maximum atomic E-state index is 13.8. The summed E-state index contributed by atoms with van der Waals surface area (Å²) in [6, 6.07) is 25.9. The van der Waals surface area contributed by atoms with Crippen LogP contribution in [-0.4, -0.2) is 81.5 Å². The lowest BCUT2D eigenvalue weighted by atomic mass is 10.1. The van der Waals surface area contributed by atoms with Crippen LogP contribution < -0.4 is 24.4 Å². The molecule has 1 fully saturated rings. The molecular weight excluding hydrogens is 656 g/mol. The van der Waals surface area contributed by atoms with E-state index < -0.39 is 0 Å². The van der Waals surface area contributed by atoms with Gasteiger partial charge in [0.25, 0.3) is 11.8 Å². The Morgan fingerprint density at radius 1 is 0.769 bits per heavy atom. The van der Waals surface area contributed by atoms with Crippen LogP contribution in [0.2, 0.25) is 0 Å². The molecule has 10 heteroatoms. The van der Waals surface area contributed by atoms with Gasteiger partial charge in [-0.1, -0.05) is 42.5 Å². The summed E-state index contributed by atoms with van der Waals surface area (Å²) in [5, 5.41) is 2.93. The zero-order valence-electron chi connectivity index (χ0n) is 30.9.